The second-order valence-electron chi connectivity index (χ2n) is 7.60. The van der Waals surface area contributed by atoms with Crippen molar-refractivity contribution in [1.82, 2.24) is 10.2 Å². The summed E-state index contributed by atoms with van der Waals surface area (Å²) < 4.78 is 28.3. The minimum atomic E-state index is -3.87. The van der Waals surface area contributed by atoms with Crippen molar-refractivity contribution in [2.45, 2.75) is 25.2 Å². The predicted molar refractivity (Wildman–Crippen MR) is 135 cm³/mol. The first-order chi connectivity index (χ1) is 16.4. The van der Waals surface area contributed by atoms with Crippen LogP contribution in [0.15, 0.2) is 83.8 Å². The van der Waals surface area contributed by atoms with Crippen LogP contribution in [-0.2, 0) is 16.4 Å². The van der Waals surface area contributed by atoms with Crippen molar-refractivity contribution in [3.8, 4) is 0 Å². The number of aryl methyl sites for hydroxylation is 1. The molecule has 0 aliphatic carbocycles. The summed E-state index contributed by atoms with van der Waals surface area (Å²) in [5.74, 6) is -0.443. The summed E-state index contributed by atoms with van der Waals surface area (Å²) in [6.45, 7) is 3.75. The van der Waals surface area contributed by atoms with E-state index in [2.05, 4.69) is 15.5 Å². The minimum absolute atomic E-state index is 0.0906. The minimum Gasteiger partial charge on any atom is -0.296 e. The van der Waals surface area contributed by atoms with Gasteiger partial charge in [-0.1, -0.05) is 65.9 Å². The van der Waals surface area contributed by atoms with Crippen molar-refractivity contribution in [3.05, 3.63) is 101 Å². The zero-order valence-electron chi connectivity index (χ0n) is 18.8. The second-order valence-corrected chi connectivity index (χ2v) is 10.5. The van der Waals surface area contributed by atoms with E-state index >= 15 is 0 Å². The summed E-state index contributed by atoms with van der Waals surface area (Å²) >= 11 is 1.29. The maximum Gasteiger partial charge on any atom is 0.264 e. The van der Waals surface area contributed by atoms with Crippen LogP contribution in [0, 0.1) is 6.92 Å². The summed E-state index contributed by atoms with van der Waals surface area (Å²) in [6.07, 6.45) is 0.619. The highest BCUT2D eigenvalue weighted by Crippen LogP contribution is 2.27. The molecule has 1 heterocycles. The predicted octanol–water partition coefficient (Wildman–Crippen LogP) is 4.90. The number of benzene rings is 3. The van der Waals surface area contributed by atoms with E-state index in [9.17, 15) is 13.2 Å². The molecule has 4 rings (SSSR count). The Morgan fingerprint density at radius 1 is 0.971 bits per heavy atom. The van der Waals surface area contributed by atoms with E-state index in [0.717, 1.165) is 10.6 Å². The van der Waals surface area contributed by atoms with Crippen molar-refractivity contribution in [2.75, 3.05) is 16.2 Å². The third kappa shape index (κ3) is 5.16. The second kappa shape index (κ2) is 10.1. The van der Waals surface area contributed by atoms with Gasteiger partial charge in [-0.15, -0.1) is 10.2 Å². The number of nitrogens with zero attached hydrogens (tertiary/aromatic N) is 3. The van der Waals surface area contributed by atoms with Crippen molar-refractivity contribution < 1.29 is 13.2 Å². The normalized spacial score (nSPS) is 11.2. The lowest BCUT2D eigenvalue weighted by Crippen LogP contribution is -2.31. The molecule has 174 valence electrons. The fourth-order valence-corrected chi connectivity index (χ4v) is 6.04. The molecule has 0 aliphatic rings. The smallest absolute Gasteiger partial charge is 0.264 e. The first-order valence-corrected chi connectivity index (χ1v) is 13.0. The Morgan fingerprint density at radius 2 is 1.65 bits per heavy atom. The summed E-state index contributed by atoms with van der Waals surface area (Å²) in [7, 11) is -3.87. The van der Waals surface area contributed by atoms with E-state index in [1.165, 1.54) is 21.7 Å². The topological polar surface area (TPSA) is 92.3 Å². The van der Waals surface area contributed by atoms with Crippen molar-refractivity contribution in [2.24, 2.45) is 0 Å². The van der Waals surface area contributed by atoms with Gasteiger partial charge in [-0.3, -0.25) is 14.4 Å². The first kappa shape index (κ1) is 23.6. The summed E-state index contributed by atoms with van der Waals surface area (Å²) in [4.78, 5) is 13.0. The molecule has 3 aromatic carbocycles. The number of carbonyl (C=O) groups excluding carboxylic acids is 1. The molecule has 0 saturated heterocycles. The highest BCUT2D eigenvalue weighted by Gasteiger charge is 2.26. The highest BCUT2D eigenvalue weighted by atomic mass is 32.2. The Morgan fingerprint density at radius 3 is 2.32 bits per heavy atom. The van der Waals surface area contributed by atoms with Gasteiger partial charge in [0.2, 0.25) is 5.13 Å². The maximum absolute atomic E-state index is 13.5. The van der Waals surface area contributed by atoms with Crippen LogP contribution in [-0.4, -0.2) is 31.1 Å². The number of sulfonamides is 1. The van der Waals surface area contributed by atoms with E-state index in [-0.39, 0.29) is 17.0 Å². The highest BCUT2D eigenvalue weighted by molar-refractivity contribution is 7.92. The van der Waals surface area contributed by atoms with Gasteiger partial charge >= 0.3 is 0 Å². The standard InChI is InChI=1S/C25H24N4O3S2/c1-3-29(21-12-8-5-9-13-21)34(31,32)22-17-20(15-14-18(22)2)24(30)26-25-28-27-23(33-25)16-19-10-6-4-7-11-19/h4-15,17H,3,16H2,1-2H3,(H,26,28,30). The molecule has 0 spiro atoms. The van der Waals surface area contributed by atoms with Crippen LogP contribution in [0.1, 0.15) is 33.4 Å². The maximum atomic E-state index is 13.5. The van der Waals surface area contributed by atoms with Gasteiger partial charge in [0.15, 0.2) is 0 Å². The number of para-hydroxylation sites is 1. The fourth-order valence-electron chi connectivity index (χ4n) is 3.54. The summed E-state index contributed by atoms with van der Waals surface area (Å²) in [5.41, 5.74) is 2.46. The molecular formula is C25H24N4O3S2. The number of nitrogens with one attached hydrogen (secondary N) is 1. The Balaban J connectivity index is 1.55. The van der Waals surface area contributed by atoms with Crippen LogP contribution in [0.2, 0.25) is 0 Å². The lowest BCUT2D eigenvalue weighted by molar-refractivity contribution is 0.102. The first-order valence-electron chi connectivity index (χ1n) is 10.7. The Labute approximate surface area is 203 Å². The van der Waals surface area contributed by atoms with Crippen LogP contribution in [0.25, 0.3) is 0 Å². The zero-order valence-corrected chi connectivity index (χ0v) is 20.4. The van der Waals surface area contributed by atoms with Gasteiger partial charge in [0.05, 0.1) is 10.6 Å². The van der Waals surface area contributed by atoms with E-state index in [4.69, 9.17) is 0 Å². The molecule has 1 amide bonds. The average molecular weight is 493 g/mol. The van der Waals surface area contributed by atoms with Crippen molar-refractivity contribution >= 4 is 38.1 Å². The molecule has 0 fully saturated rings. The molecule has 1 N–H and O–H groups in total. The lowest BCUT2D eigenvalue weighted by Gasteiger charge is -2.24. The van der Waals surface area contributed by atoms with Gasteiger partial charge in [-0.25, -0.2) is 8.42 Å². The molecule has 0 atom stereocenters. The van der Waals surface area contributed by atoms with E-state index in [0.29, 0.717) is 22.8 Å². The SMILES string of the molecule is CCN(c1ccccc1)S(=O)(=O)c1cc(C(=O)Nc2nnc(Cc3ccccc3)s2)ccc1C. The van der Waals surface area contributed by atoms with Crippen LogP contribution in [0.4, 0.5) is 10.8 Å². The van der Waals surface area contributed by atoms with Gasteiger partial charge in [-0.05, 0) is 49.2 Å². The van der Waals surface area contributed by atoms with Crippen LogP contribution >= 0.6 is 11.3 Å². The number of carbonyl (C=O) groups is 1. The van der Waals surface area contributed by atoms with Gasteiger partial charge in [0.1, 0.15) is 5.01 Å². The molecule has 0 unspecified atom stereocenters. The molecular weight excluding hydrogens is 468 g/mol. The van der Waals surface area contributed by atoms with Gasteiger partial charge in [0, 0.05) is 18.5 Å². The number of aromatic nitrogens is 2. The van der Waals surface area contributed by atoms with Crippen LogP contribution in [0.3, 0.4) is 0 Å². The number of amides is 1. The molecule has 0 bridgehead atoms. The van der Waals surface area contributed by atoms with Crippen LogP contribution in [0.5, 0.6) is 0 Å². The quantitative estimate of drug-likeness (QED) is 0.378. The third-order valence-corrected chi connectivity index (χ3v) is 8.12. The number of rotatable bonds is 8. The lowest BCUT2D eigenvalue weighted by atomic mass is 10.1. The molecule has 1 aromatic heterocycles. The molecule has 9 heteroatoms. The molecule has 4 aromatic rings. The summed E-state index contributed by atoms with van der Waals surface area (Å²) in [6, 6.07) is 23.4. The largest absolute Gasteiger partial charge is 0.296 e. The third-order valence-electron chi connectivity index (χ3n) is 5.24. The number of anilines is 2. The Bertz CT molecular complexity index is 1390. The molecule has 0 aliphatic heterocycles. The van der Waals surface area contributed by atoms with Crippen molar-refractivity contribution in [3.63, 3.8) is 0 Å². The van der Waals surface area contributed by atoms with E-state index < -0.39 is 15.9 Å². The number of hydrogen-bond donors (Lipinski definition) is 1. The van der Waals surface area contributed by atoms with Crippen molar-refractivity contribution in [1.29, 1.82) is 0 Å². The fraction of sp³-hybridized carbons (Fsp3) is 0.160. The number of hydrogen-bond acceptors (Lipinski definition) is 6. The van der Waals surface area contributed by atoms with Crippen LogP contribution < -0.4 is 9.62 Å². The molecule has 34 heavy (non-hydrogen) atoms. The molecule has 0 saturated carbocycles. The van der Waals surface area contributed by atoms with Gasteiger partial charge in [0.25, 0.3) is 15.9 Å². The van der Waals surface area contributed by atoms with Gasteiger partial charge < -0.3 is 0 Å². The van der Waals surface area contributed by atoms with E-state index in [1.807, 2.05) is 36.4 Å². The average Bonchev–Trinajstić information content (AvgIpc) is 3.27. The monoisotopic (exact) mass is 492 g/mol. The molecule has 0 radical (unpaired) electrons. The Hall–Kier alpha value is -3.56. The summed E-state index contributed by atoms with van der Waals surface area (Å²) in [5, 5.41) is 12.1. The zero-order chi connectivity index (χ0) is 24.1. The Kier molecular flexibility index (Phi) is 7.04. The van der Waals surface area contributed by atoms with E-state index in [1.54, 1.807) is 50.2 Å². The van der Waals surface area contributed by atoms with Gasteiger partial charge in [-0.2, -0.15) is 0 Å². The molecule has 7 nitrogen and oxygen atoms in total.